The van der Waals surface area contributed by atoms with Crippen LogP contribution in [-0.2, 0) is 23.1 Å². The first-order valence-electron chi connectivity index (χ1n) is 11.3. The number of amides is 1. The van der Waals surface area contributed by atoms with Crippen LogP contribution in [0.2, 0.25) is 0 Å². The number of aromatic nitrogens is 5. The number of ether oxygens (including phenoxy) is 2. The lowest BCUT2D eigenvalue weighted by molar-refractivity contribution is -0.0615. The molecular weight excluding hydrogens is 549 g/mol. The largest absolute Gasteiger partial charge is 0.472 e. The molecule has 2 aromatic rings. The van der Waals surface area contributed by atoms with Gasteiger partial charge in [-0.3, -0.25) is 28.2 Å². The zero-order valence-corrected chi connectivity index (χ0v) is 21.0. The number of rotatable bonds is 10. The molecule has 21 heteroatoms. The Morgan fingerprint density at radius 2 is 2.00 bits per heavy atom. The van der Waals surface area contributed by atoms with Crippen LogP contribution >= 0.6 is 7.82 Å². The molecule has 39 heavy (non-hydrogen) atoms. The minimum atomic E-state index is -4.80. The second-order valence-corrected chi connectivity index (χ2v) is 10.1. The number of phosphoric ester groups is 1. The fourth-order valence-corrected chi connectivity index (χ4v) is 4.74. The van der Waals surface area contributed by atoms with Gasteiger partial charge >= 0.3 is 13.5 Å². The Hall–Kier alpha value is -3.45. The number of phosphoric acid groups is 1. The second-order valence-electron chi connectivity index (χ2n) is 8.63. The number of carbonyl (C=O) groups excluding carboxylic acids is 1. The van der Waals surface area contributed by atoms with Crippen LogP contribution in [0.4, 0.5) is 0 Å². The summed E-state index contributed by atoms with van der Waals surface area (Å²) in [5.41, 5.74) is 12.8. The molecule has 20 nitrogen and oxygen atoms in total. The number of aliphatic hydroxyl groups excluding tert-OH is 2. The van der Waals surface area contributed by atoms with Gasteiger partial charge in [-0.05, 0) is 12.5 Å². The average molecular weight is 573 g/mol. The molecule has 8 atom stereocenters. The number of H-pyrrole nitrogens is 1. The summed E-state index contributed by atoms with van der Waals surface area (Å²) < 4.78 is 35.5. The number of azide groups is 1. The van der Waals surface area contributed by atoms with Crippen molar-refractivity contribution >= 4 is 13.7 Å². The normalized spacial score (nSPS) is 30.1. The number of nitrogens with two attached hydrogens (primary N) is 1. The van der Waals surface area contributed by atoms with Gasteiger partial charge in [-0.25, -0.2) is 19.0 Å². The summed E-state index contributed by atoms with van der Waals surface area (Å²) >= 11 is 0. The van der Waals surface area contributed by atoms with E-state index in [1.807, 2.05) is 0 Å². The summed E-state index contributed by atoms with van der Waals surface area (Å²) in [6.45, 7) is 0.171. The number of nitrogens with zero attached hydrogens (tertiary/aromatic N) is 7. The molecule has 2 saturated heterocycles. The van der Waals surface area contributed by atoms with Gasteiger partial charge in [0, 0.05) is 23.1 Å². The van der Waals surface area contributed by atoms with Gasteiger partial charge in [0.05, 0.1) is 25.4 Å². The molecule has 1 amide bonds. The molecule has 4 heterocycles. The summed E-state index contributed by atoms with van der Waals surface area (Å²) in [7, 11) is -4.80. The molecule has 4 rings (SSSR count). The van der Waals surface area contributed by atoms with Crippen molar-refractivity contribution < 1.29 is 43.0 Å². The summed E-state index contributed by atoms with van der Waals surface area (Å²) in [6.07, 6.45) is -5.48. The number of hydrogen-bond donors (Lipinski definition) is 5. The van der Waals surface area contributed by atoms with Gasteiger partial charge in [-0.15, -0.1) is 5.10 Å². The van der Waals surface area contributed by atoms with E-state index in [1.54, 1.807) is 0 Å². The molecule has 2 aliphatic heterocycles. The van der Waals surface area contributed by atoms with Gasteiger partial charge in [0.25, 0.3) is 11.5 Å². The highest BCUT2D eigenvalue weighted by atomic mass is 31.2. The predicted molar refractivity (Wildman–Crippen MR) is 124 cm³/mol. The number of primary amides is 1. The van der Waals surface area contributed by atoms with Gasteiger partial charge in [-0.1, -0.05) is 5.11 Å². The summed E-state index contributed by atoms with van der Waals surface area (Å²) in [4.78, 5) is 53.6. The number of hydrogen-bond acceptors (Lipinski definition) is 13. The van der Waals surface area contributed by atoms with Crippen LogP contribution < -0.4 is 17.0 Å². The molecule has 2 unspecified atom stereocenters. The Bertz CT molecular complexity index is 1440. The van der Waals surface area contributed by atoms with Crippen molar-refractivity contribution in [2.75, 3.05) is 13.2 Å². The molecule has 0 aliphatic carbocycles. The van der Waals surface area contributed by atoms with Gasteiger partial charge in [-0.2, -0.15) is 0 Å². The van der Waals surface area contributed by atoms with E-state index in [1.165, 1.54) is 13.1 Å². The quantitative estimate of drug-likeness (QED) is 0.0886. The van der Waals surface area contributed by atoms with Crippen molar-refractivity contribution in [3.8, 4) is 0 Å². The maximum atomic E-state index is 12.5. The third kappa shape index (κ3) is 6.25. The first-order valence-corrected chi connectivity index (χ1v) is 12.8. The maximum Gasteiger partial charge on any atom is 0.472 e. The fourth-order valence-electron chi connectivity index (χ4n) is 3.99. The fraction of sp³-hybridized carbons (Fsp3) is 0.611. The van der Waals surface area contributed by atoms with Gasteiger partial charge in [0.1, 0.15) is 30.9 Å². The van der Waals surface area contributed by atoms with E-state index in [0.717, 1.165) is 15.6 Å². The number of aliphatic hydroxyl groups is 2. The molecule has 0 radical (unpaired) electrons. The van der Waals surface area contributed by atoms with E-state index in [0.29, 0.717) is 0 Å². The van der Waals surface area contributed by atoms with Crippen LogP contribution in [0.5, 0.6) is 0 Å². The Balaban J connectivity index is 1.35. The first-order chi connectivity index (χ1) is 18.4. The van der Waals surface area contributed by atoms with E-state index < -0.39 is 81.1 Å². The highest BCUT2D eigenvalue weighted by molar-refractivity contribution is 7.47. The zero-order valence-electron chi connectivity index (χ0n) is 20.1. The average Bonchev–Trinajstić information content (AvgIpc) is 3.58. The van der Waals surface area contributed by atoms with Crippen LogP contribution in [0, 0.1) is 6.92 Å². The minimum absolute atomic E-state index is 0.00119. The standard InChI is InChI=1S/C18H24N9O11P/c1-7-3-26(18(32)22-16(7)31)11-2-8(23-25-20)9(37-11)4-35-39(33,34)36-5-10-12(28)13(29)17(38-10)27-6-21-15(24-27)14(19)30/h3,6,8-13,17,28-29H,2,4-5H2,1H3,(H2,19,30)(H,33,34)(H,22,31,32)/t8-,9+,10?,11+,12-,13-,17-/m0/s1. The Morgan fingerprint density at radius 3 is 2.64 bits per heavy atom. The monoisotopic (exact) mass is 573 g/mol. The van der Waals surface area contributed by atoms with Gasteiger partial charge < -0.3 is 30.3 Å². The molecule has 6 N–H and O–H groups in total. The van der Waals surface area contributed by atoms with Crippen molar-refractivity contribution in [3.63, 3.8) is 0 Å². The van der Waals surface area contributed by atoms with Crippen LogP contribution in [0.3, 0.4) is 0 Å². The van der Waals surface area contributed by atoms with Crippen LogP contribution in [0.1, 0.15) is 35.1 Å². The molecule has 0 spiro atoms. The van der Waals surface area contributed by atoms with E-state index in [4.69, 9.17) is 29.8 Å². The molecule has 2 aliphatic rings. The first kappa shape index (κ1) is 28.6. The topological polar surface area (TPSA) is 292 Å². The van der Waals surface area contributed by atoms with E-state index in [9.17, 15) is 34.1 Å². The maximum absolute atomic E-state index is 12.5. The third-order valence-electron chi connectivity index (χ3n) is 5.99. The summed E-state index contributed by atoms with van der Waals surface area (Å²) in [5.74, 6) is -1.29. The van der Waals surface area contributed by atoms with E-state index in [-0.39, 0.29) is 17.8 Å². The van der Waals surface area contributed by atoms with E-state index in [2.05, 4.69) is 25.1 Å². The van der Waals surface area contributed by atoms with Crippen LogP contribution in [0.25, 0.3) is 10.4 Å². The van der Waals surface area contributed by atoms with Crippen molar-refractivity contribution in [2.45, 2.75) is 56.3 Å². The lowest BCUT2D eigenvalue weighted by Gasteiger charge is -2.20. The van der Waals surface area contributed by atoms with E-state index >= 15 is 0 Å². The predicted octanol–water partition coefficient (Wildman–Crippen LogP) is -2.05. The minimum Gasteiger partial charge on any atom is -0.387 e. The second kappa shape index (κ2) is 11.3. The van der Waals surface area contributed by atoms with Crippen molar-refractivity contribution in [3.05, 3.63) is 55.2 Å². The van der Waals surface area contributed by atoms with Crippen LogP contribution in [0.15, 0.2) is 27.2 Å². The highest BCUT2D eigenvalue weighted by Gasteiger charge is 2.46. The molecule has 0 bridgehead atoms. The number of aromatic amines is 1. The molecule has 2 aromatic heterocycles. The van der Waals surface area contributed by atoms with Crippen molar-refractivity contribution in [2.24, 2.45) is 10.8 Å². The number of aryl methyl sites for hydroxylation is 1. The van der Waals surface area contributed by atoms with Gasteiger partial charge in [0.15, 0.2) is 6.23 Å². The lowest BCUT2D eigenvalue weighted by Crippen LogP contribution is -2.34. The summed E-state index contributed by atoms with van der Waals surface area (Å²) in [6, 6.07) is -0.900. The van der Waals surface area contributed by atoms with Gasteiger partial charge in [0.2, 0.25) is 5.82 Å². The Morgan fingerprint density at radius 1 is 1.31 bits per heavy atom. The molecule has 2 fully saturated rings. The number of nitrogens with one attached hydrogen (secondary N) is 1. The Kier molecular flexibility index (Phi) is 8.31. The highest BCUT2D eigenvalue weighted by Crippen LogP contribution is 2.45. The smallest absolute Gasteiger partial charge is 0.387 e. The SMILES string of the molecule is Cc1cn([C@H]2C[C@H](N=[N+]=[N-])[C@@H](COP(=O)(O)OCC3O[C@H](n4cnc(C(N)=O)n4)[C@@H](O)[C@H]3O)O2)c(=O)[nH]c1=O. The molecule has 0 saturated carbocycles. The lowest BCUT2D eigenvalue weighted by atomic mass is 10.1. The molecule has 0 aromatic carbocycles. The number of carbonyl (C=O) groups is 1. The third-order valence-corrected chi connectivity index (χ3v) is 6.94. The molecule has 212 valence electrons. The van der Waals surface area contributed by atoms with Crippen molar-refractivity contribution in [1.82, 2.24) is 24.3 Å². The zero-order chi connectivity index (χ0) is 28.5. The summed E-state index contributed by atoms with van der Waals surface area (Å²) in [5, 5.41) is 27.8. The van der Waals surface area contributed by atoms with Crippen molar-refractivity contribution in [1.29, 1.82) is 0 Å². The van der Waals surface area contributed by atoms with Crippen LogP contribution in [-0.4, -0.2) is 89.0 Å². The Labute approximate surface area is 217 Å². The molecular formula is C18H24N9O11P.